The zero-order chi connectivity index (χ0) is 21.2. The third-order valence-electron chi connectivity index (χ3n) is 5.36. The van der Waals surface area contributed by atoms with E-state index in [0.29, 0.717) is 6.54 Å². The Morgan fingerprint density at radius 3 is 2.57 bits per heavy atom. The molecule has 0 spiro atoms. The van der Waals surface area contributed by atoms with Crippen molar-refractivity contribution in [1.29, 1.82) is 0 Å². The molecule has 1 fully saturated rings. The molecule has 0 atom stereocenters. The number of hydrogen-bond donors (Lipinski definition) is 2. The first-order valence-corrected chi connectivity index (χ1v) is 10.8. The van der Waals surface area contributed by atoms with Crippen molar-refractivity contribution in [2.24, 2.45) is 4.99 Å². The lowest BCUT2D eigenvalue weighted by atomic mass is 10.1. The number of guanidine groups is 1. The van der Waals surface area contributed by atoms with Crippen LogP contribution in [0.2, 0.25) is 0 Å². The lowest BCUT2D eigenvalue weighted by Crippen LogP contribution is -2.38. The number of halogens is 1. The Morgan fingerprint density at radius 1 is 1.07 bits per heavy atom. The third-order valence-corrected chi connectivity index (χ3v) is 5.36. The second-order valence-electron chi connectivity index (χ2n) is 7.60. The van der Waals surface area contributed by atoms with Crippen molar-refractivity contribution in [3.05, 3.63) is 70.5 Å². The average Bonchev–Trinajstić information content (AvgIpc) is 2.75. The fourth-order valence-corrected chi connectivity index (χ4v) is 3.63. The van der Waals surface area contributed by atoms with Gasteiger partial charge in [0, 0.05) is 32.7 Å². The summed E-state index contributed by atoms with van der Waals surface area (Å²) in [6.07, 6.45) is 0.824. The Kier molecular flexibility index (Phi) is 8.66. The molecule has 0 amide bonds. The number of ether oxygens (including phenoxy) is 1. The molecule has 30 heavy (non-hydrogen) atoms. The zero-order valence-electron chi connectivity index (χ0n) is 18.1. The summed E-state index contributed by atoms with van der Waals surface area (Å²) >= 11 is 0. The normalized spacial score (nSPS) is 15.2. The first kappa shape index (κ1) is 22.2. The smallest absolute Gasteiger partial charge is 0.191 e. The van der Waals surface area contributed by atoms with E-state index in [9.17, 15) is 4.39 Å². The highest BCUT2D eigenvalue weighted by Crippen LogP contribution is 2.14. The summed E-state index contributed by atoms with van der Waals surface area (Å²) in [7, 11) is 0. The van der Waals surface area contributed by atoms with Gasteiger partial charge in [-0.15, -0.1) is 0 Å². The average molecular weight is 413 g/mol. The molecule has 0 aliphatic carbocycles. The van der Waals surface area contributed by atoms with E-state index in [0.717, 1.165) is 69.4 Å². The van der Waals surface area contributed by atoms with E-state index >= 15 is 0 Å². The van der Waals surface area contributed by atoms with Gasteiger partial charge in [-0.2, -0.15) is 0 Å². The van der Waals surface area contributed by atoms with Crippen LogP contribution in [0.5, 0.6) is 0 Å². The van der Waals surface area contributed by atoms with E-state index < -0.39 is 0 Å². The van der Waals surface area contributed by atoms with Gasteiger partial charge < -0.3 is 15.4 Å². The van der Waals surface area contributed by atoms with Crippen LogP contribution in [-0.2, 0) is 24.2 Å². The predicted molar refractivity (Wildman–Crippen MR) is 120 cm³/mol. The van der Waals surface area contributed by atoms with E-state index in [4.69, 9.17) is 9.73 Å². The van der Waals surface area contributed by atoms with Crippen LogP contribution in [0, 0.1) is 12.7 Å². The second-order valence-corrected chi connectivity index (χ2v) is 7.60. The lowest BCUT2D eigenvalue weighted by molar-refractivity contribution is 0.0341. The molecule has 2 aromatic rings. The van der Waals surface area contributed by atoms with Gasteiger partial charge in [0.1, 0.15) is 5.82 Å². The molecule has 1 saturated heterocycles. The van der Waals surface area contributed by atoms with Gasteiger partial charge in [0.15, 0.2) is 5.96 Å². The Morgan fingerprint density at radius 2 is 1.83 bits per heavy atom. The molecule has 6 heteroatoms. The number of nitrogens with one attached hydrogen (secondary N) is 2. The van der Waals surface area contributed by atoms with Gasteiger partial charge in [0.05, 0.1) is 19.8 Å². The van der Waals surface area contributed by atoms with Gasteiger partial charge >= 0.3 is 0 Å². The lowest BCUT2D eigenvalue weighted by Gasteiger charge is -2.27. The first-order chi connectivity index (χ1) is 14.7. The van der Waals surface area contributed by atoms with Crippen LogP contribution >= 0.6 is 0 Å². The summed E-state index contributed by atoms with van der Waals surface area (Å²) in [5.74, 6) is 0.619. The molecule has 0 bridgehead atoms. The van der Waals surface area contributed by atoms with Gasteiger partial charge in [-0.3, -0.25) is 4.90 Å². The summed E-state index contributed by atoms with van der Waals surface area (Å²) in [6.45, 7) is 10.7. The number of morpholine rings is 1. The van der Waals surface area contributed by atoms with Crippen LogP contribution < -0.4 is 10.6 Å². The summed E-state index contributed by atoms with van der Waals surface area (Å²) in [4.78, 5) is 7.23. The van der Waals surface area contributed by atoms with Crippen molar-refractivity contribution >= 4 is 5.96 Å². The van der Waals surface area contributed by atoms with Crippen LogP contribution in [0.3, 0.4) is 0 Å². The molecule has 2 N–H and O–H groups in total. The van der Waals surface area contributed by atoms with E-state index in [-0.39, 0.29) is 5.82 Å². The van der Waals surface area contributed by atoms with Crippen molar-refractivity contribution in [1.82, 2.24) is 15.5 Å². The summed E-state index contributed by atoms with van der Waals surface area (Å²) in [5, 5.41) is 6.72. The van der Waals surface area contributed by atoms with Crippen molar-refractivity contribution in [2.45, 2.75) is 33.4 Å². The highest BCUT2D eigenvalue weighted by atomic mass is 19.1. The first-order valence-electron chi connectivity index (χ1n) is 10.8. The molecular weight excluding hydrogens is 379 g/mol. The monoisotopic (exact) mass is 412 g/mol. The zero-order valence-corrected chi connectivity index (χ0v) is 18.1. The molecule has 1 aliphatic heterocycles. The Hall–Kier alpha value is -2.44. The van der Waals surface area contributed by atoms with E-state index in [1.165, 1.54) is 17.2 Å². The Balaban J connectivity index is 1.58. The second kappa shape index (κ2) is 11.7. The van der Waals surface area contributed by atoms with Gasteiger partial charge in [-0.25, -0.2) is 9.38 Å². The van der Waals surface area contributed by atoms with E-state index in [2.05, 4.69) is 46.7 Å². The van der Waals surface area contributed by atoms with Crippen LogP contribution in [0.25, 0.3) is 0 Å². The number of aryl methyl sites for hydroxylation is 1. The molecule has 1 aliphatic rings. The summed E-state index contributed by atoms with van der Waals surface area (Å²) < 4.78 is 18.7. The van der Waals surface area contributed by atoms with Crippen LogP contribution in [-0.4, -0.2) is 50.3 Å². The molecule has 5 nitrogen and oxygen atoms in total. The van der Waals surface area contributed by atoms with Crippen LogP contribution in [0.4, 0.5) is 4.39 Å². The van der Waals surface area contributed by atoms with Gasteiger partial charge in [0.25, 0.3) is 0 Å². The molecule has 0 unspecified atom stereocenters. The summed E-state index contributed by atoms with van der Waals surface area (Å²) in [5.41, 5.74) is 4.70. The molecule has 3 rings (SSSR count). The minimum atomic E-state index is -0.185. The predicted octanol–water partition coefficient (Wildman–Crippen LogP) is 3.26. The quantitative estimate of drug-likeness (QED) is 0.516. The number of hydrogen-bond acceptors (Lipinski definition) is 3. The van der Waals surface area contributed by atoms with Crippen LogP contribution in [0.1, 0.15) is 29.2 Å². The third kappa shape index (κ3) is 6.82. The van der Waals surface area contributed by atoms with Crippen molar-refractivity contribution in [3.63, 3.8) is 0 Å². The number of nitrogens with zero attached hydrogens (tertiary/aromatic N) is 2. The van der Waals surface area contributed by atoms with Gasteiger partial charge in [0.2, 0.25) is 0 Å². The molecular formula is C24H33FN4O. The highest BCUT2D eigenvalue weighted by Gasteiger charge is 2.12. The van der Waals surface area contributed by atoms with Crippen LogP contribution in [0.15, 0.2) is 47.5 Å². The topological polar surface area (TPSA) is 48.9 Å². The summed E-state index contributed by atoms with van der Waals surface area (Å²) in [6, 6.07) is 13.5. The minimum absolute atomic E-state index is 0.185. The SMILES string of the molecule is CCNC(=NCc1ccccc1CN1CCOCC1)NCCc1ccc(F)cc1C. The maximum Gasteiger partial charge on any atom is 0.191 e. The van der Waals surface area contributed by atoms with Crippen molar-refractivity contribution in [3.8, 4) is 0 Å². The minimum Gasteiger partial charge on any atom is -0.379 e. The molecule has 0 radical (unpaired) electrons. The van der Waals surface area contributed by atoms with Crippen molar-refractivity contribution in [2.75, 3.05) is 39.4 Å². The van der Waals surface area contributed by atoms with Crippen molar-refractivity contribution < 1.29 is 9.13 Å². The number of rotatable bonds is 8. The Labute approximate surface area is 179 Å². The molecule has 0 saturated carbocycles. The van der Waals surface area contributed by atoms with E-state index in [1.54, 1.807) is 6.07 Å². The largest absolute Gasteiger partial charge is 0.379 e. The number of benzene rings is 2. The molecule has 0 aromatic heterocycles. The molecule has 1 heterocycles. The standard InChI is InChI=1S/C24H33FN4O/c1-3-26-24(27-11-10-20-8-9-23(25)16-19(20)2)28-17-21-6-4-5-7-22(21)18-29-12-14-30-15-13-29/h4-9,16H,3,10-15,17-18H2,1-2H3,(H2,26,27,28). The van der Waals surface area contributed by atoms with Gasteiger partial charge in [-0.05, 0) is 54.7 Å². The number of aliphatic imine (C=N–C) groups is 1. The molecule has 162 valence electrons. The Bertz CT molecular complexity index is 834. The maximum atomic E-state index is 13.3. The highest BCUT2D eigenvalue weighted by molar-refractivity contribution is 5.79. The van der Waals surface area contributed by atoms with E-state index in [1.807, 2.05) is 13.0 Å². The molecule has 2 aromatic carbocycles. The fourth-order valence-electron chi connectivity index (χ4n) is 3.63. The fraction of sp³-hybridized carbons (Fsp3) is 0.458. The maximum absolute atomic E-state index is 13.3. The van der Waals surface area contributed by atoms with Gasteiger partial charge in [-0.1, -0.05) is 30.3 Å².